The molecule has 0 aromatic carbocycles. The van der Waals surface area contributed by atoms with Crippen LogP contribution in [0.2, 0.25) is 0 Å². The van der Waals surface area contributed by atoms with E-state index in [-0.39, 0.29) is 32.9 Å². The molecule has 6 nitrogen and oxygen atoms in total. The Bertz CT molecular complexity index is 8.49. The molecule has 12 N–H and O–H groups in total. The van der Waals surface area contributed by atoms with Crippen LogP contribution in [0.15, 0.2) is 0 Å². The van der Waals surface area contributed by atoms with Crippen LogP contribution in [-0.4, -0.2) is 32.9 Å². The fraction of sp³-hybridized carbons (Fsp3) is 0. The van der Waals surface area contributed by atoms with Gasteiger partial charge in [0.2, 0.25) is 0 Å². The first kappa shape index (κ1) is 182. The normalized spacial score (nSPS) is 0.875. The van der Waals surface area contributed by atoms with Gasteiger partial charge in [0.15, 0.2) is 0 Å². The molecule has 0 aliphatic carbocycles. The number of rotatable bonds is 0. The summed E-state index contributed by atoms with van der Waals surface area (Å²) in [6, 6.07) is 0. The average Bonchev–Trinajstić information content (AvgIpc) is 1.00. The van der Waals surface area contributed by atoms with Crippen molar-refractivity contribution in [2.24, 2.45) is 0 Å². The second-order valence-electron chi connectivity index (χ2n) is 0. The Labute approximate surface area is 60.4 Å². The van der Waals surface area contributed by atoms with Crippen LogP contribution < -0.4 is 0 Å². The summed E-state index contributed by atoms with van der Waals surface area (Å²) in [5.74, 6) is 0. The molecule has 57 valence electrons. The zero-order valence-corrected chi connectivity index (χ0v) is 7.81. The standard InChI is InChI=1S/ClH.6H2O.Zn/h1H;6*1H2;/q;;;;;;;+1/p-1. The topological polar surface area (TPSA) is 189 Å². The summed E-state index contributed by atoms with van der Waals surface area (Å²) in [6.45, 7) is 0. The second-order valence-corrected chi connectivity index (χ2v) is 0. The molecule has 0 atom stereocenters. The van der Waals surface area contributed by atoms with Gasteiger partial charge in [-0.1, -0.05) is 0 Å². The first-order valence-electron chi connectivity index (χ1n) is 0.267. The molecule has 0 heterocycles. The molecule has 8 heavy (non-hydrogen) atoms. The van der Waals surface area contributed by atoms with Gasteiger partial charge in [0, 0.05) is 0 Å². The van der Waals surface area contributed by atoms with Crippen molar-refractivity contribution in [1.29, 1.82) is 0 Å². The van der Waals surface area contributed by atoms with Gasteiger partial charge in [0.05, 0.1) is 0 Å². The predicted molar refractivity (Wildman–Crippen MR) is 27.5 cm³/mol. The molecule has 0 rings (SSSR count). The molecule has 0 unspecified atom stereocenters. The Morgan fingerprint density at radius 1 is 0.500 bits per heavy atom. The van der Waals surface area contributed by atoms with Crippen molar-refractivity contribution in [3.8, 4) is 0 Å². The Balaban J connectivity index is -0.000000000333. The average molecular weight is 209 g/mol. The first-order valence-corrected chi connectivity index (χ1v) is 4.17. The summed E-state index contributed by atoms with van der Waals surface area (Å²) >= 11 is 0.847. The Kier molecular flexibility index (Phi) is 17200. The van der Waals surface area contributed by atoms with E-state index in [1.54, 1.807) is 0 Å². The van der Waals surface area contributed by atoms with Gasteiger partial charge in [-0.3, -0.25) is 0 Å². The molecule has 0 amide bonds. The van der Waals surface area contributed by atoms with Gasteiger partial charge in [0.25, 0.3) is 0 Å². The van der Waals surface area contributed by atoms with Crippen LogP contribution in [0.25, 0.3) is 0 Å². The number of hydrogen-bond donors (Lipinski definition) is 0. The van der Waals surface area contributed by atoms with Gasteiger partial charge in [0.1, 0.15) is 0 Å². The number of halogens is 1. The summed E-state index contributed by atoms with van der Waals surface area (Å²) in [5, 5.41) is 0. The minimum absolute atomic E-state index is 0. The molecule has 0 spiro atoms. The van der Waals surface area contributed by atoms with E-state index >= 15 is 0 Å². The zero-order valence-electron chi connectivity index (χ0n) is 4.09. The van der Waals surface area contributed by atoms with Crippen molar-refractivity contribution in [1.82, 2.24) is 0 Å². The van der Waals surface area contributed by atoms with Crippen molar-refractivity contribution >= 4 is 9.69 Å². The van der Waals surface area contributed by atoms with E-state index in [2.05, 4.69) is 0 Å². The fourth-order valence-corrected chi connectivity index (χ4v) is 0. The number of hydrogen-bond acceptors (Lipinski definition) is 0. The summed E-state index contributed by atoms with van der Waals surface area (Å²) in [6.07, 6.45) is 0. The molecule has 0 aliphatic rings. The van der Waals surface area contributed by atoms with Crippen molar-refractivity contribution in [3.05, 3.63) is 0 Å². The SMILES string of the molecule is O.O.O.O.O.O.[Cl][Zn]. The summed E-state index contributed by atoms with van der Waals surface area (Å²) < 4.78 is 0. The van der Waals surface area contributed by atoms with Crippen molar-refractivity contribution in [2.45, 2.75) is 0 Å². The minimum atomic E-state index is 0. The van der Waals surface area contributed by atoms with Gasteiger partial charge >= 0.3 is 27.0 Å². The van der Waals surface area contributed by atoms with E-state index in [4.69, 9.17) is 9.69 Å². The van der Waals surface area contributed by atoms with E-state index in [1.165, 1.54) is 0 Å². The van der Waals surface area contributed by atoms with E-state index in [9.17, 15) is 0 Å². The molecule has 0 saturated carbocycles. The molecule has 0 aromatic rings. The Hall–Kier alpha value is 0.673. The third-order valence-corrected chi connectivity index (χ3v) is 0. The van der Waals surface area contributed by atoms with Crippen molar-refractivity contribution < 1.29 is 50.2 Å². The Morgan fingerprint density at radius 3 is 0.500 bits per heavy atom. The summed E-state index contributed by atoms with van der Waals surface area (Å²) in [4.78, 5) is 0. The van der Waals surface area contributed by atoms with Crippen molar-refractivity contribution in [2.75, 3.05) is 0 Å². The maximum atomic E-state index is 4.76. The van der Waals surface area contributed by atoms with Gasteiger partial charge in [-0.05, 0) is 0 Å². The van der Waals surface area contributed by atoms with E-state index in [0.29, 0.717) is 0 Å². The van der Waals surface area contributed by atoms with Crippen LogP contribution in [0.3, 0.4) is 0 Å². The van der Waals surface area contributed by atoms with E-state index in [1.807, 2.05) is 0 Å². The molecular weight excluding hydrogens is 197 g/mol. The molecular formula is H12ClO6Zn. The van der Waals surface area contributed by atoms with Crippen LogP contribution in [-0.2, 0) is 17.3 Å². The van der Waals surface area contributed by atoms with Gasteiger partial charge < -0.3 is 32.9 Å². The van der Waals surface area contributed by atoms with Crippen LogP contribution in [0, 0.1) is 0 Å². The van der Waals surface area contributed by atoms with E-state index in [0.717, 1.165) is 17.3 Å². The fourth-order valence-electron chi connectivity index (χ4n) is 0. The van der Waals surface area contributed by atoms with Gasteiger partial charge in [-0.25, -0.2) is 0 Å². The molecule has 0 bridgehead atoms. The van der Waals surface area contributed by atoms with Crippen LogP contribution in [0.5, 0.6) is 0 Å². The Morgan fingerprint density at radius 2 is 0.500 bits per heavy atom. The van der Waals surface area contributed by atoms with Crippen molar-refractivity contribution in [3.63, 3.8) is 0 Å². The van der Waals surface area contributed by atoms with Gasteiger partial charge in [-0.15, -0.1) is 0 Å². The molecule has 0 aliphatic heterocycles. The monoisotopic (exact) mass is 207 g/mol. The molecule has 0 radical (unpaired) electrons. The molecule has 0 aromatic heterocycles. The van der Waals surface area contributed by atoms with Crippen LogP contribution in [0.1, 0.15) is 0 Å². The second kappa shape index (κ2) is 754. The molecule has 0 saturated heterocycles. The summed E-state index contributed by atoms with van der Waals surface area (Å²) in [7, 11) is 4.76. The quantitative estimate of drug-likeness (QED) is 0.349. The first-order chi connectivity index (χ1) is 1.00. The predicted octanol–water partition coefficient (Wildman–Crippen LogP) is -4.26. The van der Waals surface area contributed by atoms with Crippen LogP contribution >= 0.6 is 9.69 Å². The van der Waals surface area contributed by atoms with E-state index < -0.39 is 0 Å². The zero-order chi connectivity index (χ0) is 2.00. The molecule has 0 fully saturated rings. The molecule has 8 heteroatoms. The van der Waals surface area contributed by atoms with Crippen LogP contribution in [0.4, 0.5) is 0 Å². The third-order valence-electron chi connectivity index (χ3n) is 0. The maximum absolute atomic E-state index is 4.76. The van der Waals surface area contributed by atoms with Gasteiger partial charge in [-0.2, -0.15) is 0 Å². The third kappa shape index (κ3) is 474. The summed E-state index contributed by atoms with van der Waals surface area (Å²) in [5.41, 5.74) is 0.